The minimum absolute atomic E-state index is 0.101. The van der Waals surface area contributed by atoms with E-state index in [-0.39, 0.29) is 24.4 Å². The number of anilines is 2. The second kappa shape index (κ2) is 10.1. The lowest BCUT2D eigenvalue weighted by molar-refractivity contribution is -0.885. The van der Waals surface area contributed by atoms with Gasteiger partial charge < -0.3 is 20.3 Å². The first-order chi connectivity index (χ1) is 13.7. The molecule has 0 fully saturated rings. The first kappa shape index (κ1) is 22.4. The second-order valence-corrected chi connectivity index (χ2v) is 7.70. The summed E-state index contributed by atoms with van der Waals surface area (Å²) in [5.41, 5.74) is 3.71. The molecule has 1 unspecified atom stereocenters. The van der Waals surface area contributed by atoms with Gasteiger partial charge in [-0.25, -0.2) is 0 Å². The third kappa shape index (κ3) is 6.06. The number of rotatable bonds is 8. The standard InChI is InChI=1S/C23H31N3O3/c1-15(2)20-9-7-8-16(3)22(20)25-23(28)17(4)26(5)14-21(27)24-18-10-12-19(29-6)13-11-18/h7-13,15,17H,14H2,1-6H3,(H,24,27)(H,25,28)/p+1/t17-/m1/s1. The number of amides is 2. The van der Waals surface area contributed by atoms with Gasteiger partial charge in [0.05, 0.1) is 14.2 Å². The lowest BCUT2D eigenvalue weighted by Gasteiger charge is -2.22. The molecule has 2 aromatic carbocycles. The van der Waals surface area contributed by atoms with E-state index in [1.807, 2.05) is 39.1 Å². The van der Waals surface area contributed by atoms with Gasteiger partial charge in [0, 0.05) is 11.4 Å². The predicted octanol–water partition coefficient (Wildman–Crippen LogP) is 2.61. The molecule has 2 aromatic rings. The van der Waals surface area contributed by atoms with Crippen molar-refractivity contribution in [1.29, 1.82) is 0 Å². The number of quaternary nitrogens is 1. The van der Waals surface area contributed by atoms with Gasteiger partial charge in [0.25, 0.3) is 11.8 Å². The molecule has 0 spiro atoms. The van der Waals surface area contributed by atoms with E-state index >= 15 is 0 Å². The zero-order valence-electron chi connectivity index (χ0n) is 18.1. The van der Waals surface area contributed by atoms with Gasteiger partial charge >= 0.3 is 0 Å². The quantitative estimate of drug-likeness (QED) is 0.640. The number of benzene rings is 2. The molecule has 0 aliphatic rings. The molecule has 2 atom stereocenters. The van der Waals surface area contributed by atoms with Crippen LogP contribution in [0.2, 0.25) is 0 Å². The Hall–Kier alpha value is -2.86. The van der Waals surface area contributed by atoms with Gasteiger partial charge in [-0.1, -0.05) is 32.0 Å². The van der Waals surface area contributed by atoms with Crippen molar-refractivity contribution in [2.45, 2.75) is 39.7 Å². The van der Waals surface area contributed by atoms with Crippen molar-refractivity contribution in [3.05, 3.63) is 53.6 Å². The Morgan fingerprint density at radius 3 is 2.28 bits per heavy atom. The van der Waals surface area contributed by atoms with Crippen molar-refractivity contribution in [2.75, 3.05) is 31.3 Å². The summed E-state index contributed by atoms with van der Waals surface area (Å²) < 4.78 is 5.12. The molecule has 0 aliphatic heterocycles. The van der Waals surface area contributed by atoms with E-state index in [0.29, 0.717) is 11.6 Å². The van der Waals surface area contributed by atoms with Crippen LogP contribution in [0.1, 0.15) is 37.8 Å². The number of aryl methyl sites for hydroxylation is 1. The van der Waals surface area contributed by atoms with E-state index in [1.54, 1.807) is 31.4 Å². The van der Waals surface area contributed by atoms with Gasteiger partial charge in [0.1, 0.15) is 5.75 Å². The molecule has 6 nitrogen and oxygen atoms in total. The Balaban J connectivity index is 1.97. The van der Waals surface area contributed by atoms with Gasteiger partial charge in [-0.3, -0.25) is 9.59 Å². The summed E-state index contributed by atoms with van der Waals surface area (Å²) >= 11 is 0. The van der Waals surface area contributed by atoms with Crippen molar-refractivity contribution < 1.29 is 19.2 Å². The number of carbonyl (C=O) groups excluding carboxylic acids is 2. The van der Waals surface area contributed by atoms with Crippen LogP contribution in [0.5, 0.6) is 5.75 Å². The maximum absolute atomic E-state index is 12.8. The molecule has 3 N–H and O–H groups in total. The van der Waals surface area contributed by atoms with E-state index in [0.717, 1.165) is 27.5 Å². The van der Waals surface area contributed by atoms with Crippen molar-refractivity contribution in [2.24, 2.45) is 0 Å². The van der Waals surface area contributed by atoms with Crippen LogP contribution < -0.4 is 20.3 Å². The van der Waals surface area contributed by atoms with E-state index in [9.17, 15) is 9.59 Å². The maximum atomic E-state index is 12.8. The lowest BCUT2D eigenvalue weighted by atomic mass is 9.98. The molecular formula is C23H32N3O3+. The summed E-state index contributed by atoms with van der Waals surface area (Å²) in [6.45, 7) is 8.22. The largest absolute Gasteiger partial charge is 0.497 e. The summed E-state index contributed by atoms with van der Waals surface area (Å²) in [6, 6.07) is 12.8. The van der Waals surface area contributed by atoms with Gasteiger partial charge in [0.2, 0.25) is 0 Å². The summed E-state index contributed by atoms with van der Waals surface area (Å²) in [5.74, 6) is 0.788. The first-order valence-electron chi connectivity index (χ1n) is 9.89. The molecule has 6 heteroatoms. The Kier molecular flexibility index (Phi) is 7.79. The highest BCUT2D eigenvalue weighted by atomic mass is 16.5. The Morgan fingerprint density at radius 1 is 1.03 bits per heavy atom. The SMILES string of the molecule is COc1ccc(NC(=O)C[NH+](C)[C@H](C)C(=O)Nc2c(C)cccc2C(C)C)cc1. The third-order valence-corrected chi connectivity index (χ3v) is 5.12. The maximum Gasteiger partial charge on any atom is 0.282 e. The number of methoxy groups -OCH3 is 1. The smallest absolute Gasteiger partial charge is 0.282 e. The first-order valence-corrected chi connectivity index (χ1v) is 9.89. The molecule has 0 aliphatic carbocycles. The summed E-state index contributed by atoms with van der Waals surface area (Å²) in [4.78, 5) is 26.0. The fourth-order valence-electron chi connectivity index (χ4n) is 3.08. The minimum Gasteiger partial charge on any atom is -0.497 e. The predicted molar refractivity (Wildman–Crippen MR) is 117 cm³/mol. The number of para-hydroxylation sites is 1. The molecule has 0 saturated carbocycles. The molecular weight excluding hydrogens is 366 g/mol. The van der Waals surface area contributed by atoms with Crippen LogP contribution in [0.15, 0.2) is 42.5 Å². The molecule has 0 aromatic heterocycles. The van der Waals surface area contributed by atoms with Crippen LogP contribution in [0.3, 0.4) is 0 Å². The monoisotopic (exact) mass is 398 g/mol. The number of ether oxygens (including phenoxy) is 1. The minimum atomic E-state index is -0.378. The van der Waals surface area contributed by atoms with E-state index in [1.165, 1.54) is 0 Å². The Labute approximate surface area is 173 Å². The molecule has 156 valence electrons. The number of hydrogen-bond donors (Lipinski definition) is 3. The fraction of sp³-hybridized carbons (Fsp3) is 0.391. The fourth-order valence-corrected chi connectivity index (χ4v) is 3.08. The summed E-state index contributed by atoms with van der Waals surface area (Å²) in [6.07, 6.45) is 0. The van der Waals surface area contributed by atoms with Crippen molar-refractivity contribution >= 4 is 23.2 Å². The zero-order valence-corrected chi connectivity index (χ0v) is 18.1. The van der Waals surface area contributed by atoms with Crippen molar-refractivity contribution in [1.82, 2.24) is 0 Å². The van der Waals surface area contributed by atoms with Crippen LogP contribution >= 0.6 is 0 Å². The number of likely N-dealkylation sites (N-methyl/N-ethyl adjacent to an activating group) is 1. The summed E-state index contributed by atoms with van der Waals surface area (Å²) in [5, 5.41) is 5.92. The van der Waals surface area contributed by atoms with Gasteiger partial charge in [-0.2, -0.15) is 0 Å². The topological polar surface area (TPSA) is 71.9 Å². The third-order valence-electron chi connectivity index (χ3n) is 5.12. The summed E-state index contributed by atoms with van der Waals surface area (Å²) in [7, 11) is 3.44. The van der Waals surface area contributed by atoms with Gasteiger partial charge in [-0.15, -0.1) is 0 Å². The Morgan fingerprint density at radius 2 is 1.69 bits per heavy atom. The molecule has 2 amide bonds. The number of hydrogen-bond acceptors (Lipinski definition) is 3. The van der Waals surface area contributed by atoms with Crippen molar-refractivity contribution in [3.8, 4) is 5.75 Å². The van der Waals surface area contributed by atoms with E-state index in [4.69, 9.17) is 4.74 Å². The average Bonchev–Trinajstić information content (AvgIpc) is 2.69. The molecule has 0 saturated heterocycles. The van der Waals surface area contributed by atoms with Crippen LogP contribution in [0.4, 0.5) is 11.4 Å². The molecule has 0 radical (unpaired) electrons. The van der Waals surface area contributed by atoms with Gasteiger partial charge in [-0.05, 0) is 55.2 Å². The lowest BCUT2D eigenvalue weighted by Crippen LogP contribution is -3.14. The molecule has 29 heavy (non-hydrogen) atoms. The van der Waals surface area contributed by atoms with E-state index < -0.39 is 0 Å². The Bertz CT molecular complexity index is 847. The van der Waals surface area contributed by atoms with Crippen LogP contribution in [-0.2, 0) is 9.59 Å². The normalized spacial score (nSPS) is 12.9. The van der Waals surface area contributed by atoms with Crippen LogP contribution in [0.25, 0.3) is 0 Å². The highest BCUT2D eigenvalue weighted by Gasteiger charge is 2.25. The van der Waals surface area contributed by atoms with Crippen LogP contribution in [-0.4, -0.2) is 38.6 Å². The zero-order chi connectivity index (χ0) is 21.6. The average molecular weight is 399 g/mol. The van der Waals surface area contributed by atoms with Crippen LogP contribution in [0, 0.1) is 6.92 Å². The second-order valence-electron chi connectivity index (χ2n) is 7.70. The molecule has 0 heterocycles. The van der Waals surface area contributed by atoms with Gasteiger partial charge in [0.15, 0.2) is 12.6 Å². The molecule has 2 rings (SSSR count). The van der Waals surface area contributed by atoms with Crippen molar-refractivity contribution in [3.63, 3.8) is 0 Å². The number of carbonyl (C=O) groups is 2. The highest BCUT2D eigenvalue weighted by Crippen LogP contribution is 2.27. The van der Waals surface area contributed by atoms with E-state index in [2.05, 4.69) is 24.5 Å². The molecule has 0 bridgehead atoms. The highest BCUT2D eigenvalue weighted by molar-refractivity contribution is 5.96. The number of nitrogens with one attached hydrogen (secondary N) is 3.